The average Bonchev–Trinajstić information content (AvgIpc) is 2.76. The lowest BCUT2D eigenvalue weighted by atomic mass is 9.97. The molecule has 0 unspecified atom stereocenters. The standard InChI is InChI=1S/C30H39N5O6/c1-17-20(14-32-16-23(17)35(26(37)40-29(5,6)7)27(38)41-30(8,9)10)18-11-19-13-24(31)33-15-21(19)22(12-18)34-25(36)39-28(2,3)4/h11-16H,1-10H3,(H2,31,33)(H,34,36). The fourth-order valence-corrected chi connectivity index (χ4v) is 3.86. The second-order valence-electron chi connectivity index (χ2n) is 12.6. The number of nitrogens with zero attached hydrogens (tertiary/aromatic N) is 3. The zero-order chi connectivity index (χ0) is 30.9. The second-order valence-corrected chi connectivity index (χ2v) is 12.6. The Morgan fingerprint density at radius 1 is 0.805 bits per heavy atom. The topological polar surface area (TPSA) is 146 Å². The van der Waals surface area contributed by atoms with Gasteiger partial charge in [0, 0.05) is 23.3 Å². The van der Waals surface area contributed by atoms with Gasteiger partial charge in [-0.2, -0.15) is 4.90 Å². The molecule has 0 spiro atoms. The van der Waals surface area contributed by atoms with Crippen LogP contribution in [-0.2, 0) is 14.2 Å². The number of ether oxygens (including phenoxy) is 3. The number of fused-ring (bicyclic) bond motifs is 1. The average molecular weight is 566 g/mol. The minimum absolute atomic E-state index is 0.182. The predicted molar refractivity (Wildman–Crippen MR) is 159 cm³/mol. The number of rotatable bonds is 3. The van der Waals surface area contributed by atoms with Crippen LogP contribution in [0.5, 0.6) is 0 Å². The highest BCUT2D eigenvalue weighted by Crippen LogP contribution is 2.36. The Labute approximate surface area is 240 Å². The van der Waals surface area contributed by atoms with Gasteiger partial charge < -0.3 is 19.9 Å². The van der Waals surface area contributed by atoms with Crippen LogP contribution in [0.4, 0.5) is 31.6 Å². The first kappa shape index (κ1) is 31.1. The van der Waals surface area contributed by atoms with Gasteiger partial charge in [0.15, 0.2) is 0 Å². The Morgan fingerprint density at radius 2 is 1.37 bits per heavy atom. The van der Waals surface area contributed by atoms with Gasteiger partial charge in [0.05, 0.1) is 17.6 Å². The molecule has 0 atom stereocenters. The summed E-state index contributed by atoms with van der Waals surface area (Å²) in [6.45, 7) is 17.3. The van der Waals surface area contributed by atoms with E-state index in [1.54, 1.807) is 93.8 Å². The van der Waals surface area contributed by atoms with Gasteiger partial charge in [-0.1, -0.05) is 0 Å². The Morgan fingerprint density at radius 3 is 1.90 bits per heavy atom. The van der Waals surface area contributed by atoms with Gasteiger partial charge in [-0.05, 0) is 104 Å². The van der Waals surface area contributed by atoms with E-state index < -0.39 is 35.1 Å². The molecular weight excluding hydrogens is 526 g/mol. The van der Waals surface area contributed by atoms with Crippen molar-refractivity contribution < 1.29 is 28.6 Å². The van der Waals surface area contributed by atoms with E-state index in [4.69, 9.17) is 19.9 Å². The molecule has 2 heterocycles. The maximum atomic E-state index is 13.3. The molecule has 0 aliphatic carbocycles. The molecule has 3 rings (SSSR count). The van der Waals surface area contributed by atoms with Gasteiger partial charge >= 0.3 is 18.3 Å². The van der Waals surface area contributed by atoms with Crippen LogP contribution in [0.2, 0.25) is 0 Å². The number of benzene rings is 1. The number of nitrogens with one attached hydrogen (secondary N) is 1. The Kier molecular flexibility index (Phi) is 8.52. The van der Waals surface area contributed by atoms with Gasteiger partial charge in [-0.3, -0.25) is 10.3 Å². The molecule has 0 radical (unpaired) electrons. The molecule has 0 saturated heterocycles. The molecular formula is C30H39N5O6. The number of aromatic nitrogens is 2. The highest BCUT2D eigenvalue weighted by atomic mass is 16.6. The van der Waals surface area contributed by atoms with Crippen molar-refractivity contribution in [1.29, 1.82) is 0 Å². The van der Waals surface area contributed by atoms with Crippen molar-refractivity contribution in [3.63, 3.8) is 0 Å². The minimum Gasteiger partial charge on any atom is -0.444 e. The summed E-state index contributed by atoms with van der Waals surface area (Å²) >= 11 is 0. The molecule has 1 aromatic carbocycles. The van der Waals surface area contributed by atoms with E-state index in [0.29, 0.717) is 39.0 Å². The van der Waals surface area contributed by atoms with Crippen LogP contribution in [0, 0.1) is 6.92 Å². The summed E-state index contributed by atoms with van der Waals surface area (Å²) in [5, 5.41) is 4.13. The molecule has 2 aromatic heterocycles. The highest BCUT2D eigenvalue weighted by molar-refractivity contribution is 6.11. The molecule has 11 nitrogen and oxygen atoms in total. The van der Waals surface area contributed by atoms with Gasteiger partial charge in [0.2, 0.25) is 0 Å². The Bertz CT molecular complexity index is 1450. The summed E-state index contributed by atoms with van der Waals surface area (Å²) in [6.07, 6.45) is 2.11. The van der Waals surface area contributed by atoms with Crippen LogP contribution in [0.3, 0.4) is 0 Å². The third-order valence-corrected chi connectivity index (χ3v) is 5.39. The molecule has 3 N–H and O–H groups in total. The molecule has 3 aromatic rings. The van der Waals surface area contributed by atoms with Crippen molar-refractivity contribution in [3.8, 4) is 11.1 Å². The van der Waals surface area contributed by atoms with Gasteiger partial charge in [-0.25, -0.2) is 19.4 Å². The maximum Gasteiger partial charge on any atom is 0.424 e. The number of pyridine rings is 2. The maximum absolute atomic E-state index is 13.3. The smallest absolute Gasteiger partial charge is 0.424 e. The van der Waals surface area contributed by atoms with Crippen LogP contribution in [-0.4, -0.2) is 45.1 Å². The first-order valence-corrected chi connectivity index (χ1v) is 13.1. The van der Waals surface area contributed by atoms with Crippen LogP contribution >= 0.6 is 0 Å². The summed E-state index contributed by atoms with van der Waals surface area (Å²) < 4.78 is 16.5. The van der Waals surface area contributed by atoms with Crippen LogP contribution < -0.4 is 16.0 Å². The predicted octanol–water partition coefficient (Wildman–Crippen LogP) is 7.21. The number of nitrogen functional groups attached to an aromatic ring is 1. The van der Waals surface area contributed by atoms with E-state index in [9.17, 15) is 14.4 Å². The summed E-state index contributed by atoms with van der Waals surface area (Å²) in [4.78, 5) is 48.6. The van der Waals surface area contributed by atoms with Crippen LogP contribution in [0.1, 0.15) is 67.9 Å². The first-order valence-electron chi connectivity index (χ1n) is 13.1. The summed E-state index contributed by atoms with van der Waals surface area (Å²) in [5.74, 6) is 0.294. The highest BCUT2D eigenvalue weighted by Gasteiger charge is 2.34. The van der Waals surface area contributed by atoms with E-state index >= 15 is 0 Å². The number of carbonyl (C=O) groups excluding carboxylic acids is 3. The number of carbonyl (C=O) groups is 3. The molecule has 0 aliphatic rings. The van der Waals surface area contributed by atoms with Crippen molar-refractivity contribution in [2.75, 3.05) is 16.0 Å². The monoisotopic (exact) mass is 565 g/mol. The molecule has 0 bridgehead atoms. The van der Waals surface area contributed by atoms with Gasteiger partial charge in [0.25, 0.3) is 0 Å². The second kappa shape index (κ2) is 11.2. The number of imide groups is 1. The van der Waals surface area contributed by atoms with Crippen LogP contribution in [0.15, 0.2) is 36.8 Å². The SMILES string of the molecule is Cc1c(-c2cc(NC(=O)OC(C)(C)C)c3cnc(N)cc3c2)cncc1N(C(=O)OC(C)(C)C)C(=O)OC(C)(C)C. The van der Waals surface area contributed by atoms with Crippen molar-refractivity contribution in [2.45, 2.75) is 86.0 Å². The quantitative estimate of drug-likeness (QED) is 0.314. The van der Waals surface area contributed by atoms with Crippen molar-refractivity contribution in [2.24, 2.45) is 0 Å². The Hall–Kier alpha value is -4.41. The van der Waals surface area contributed by atoms with Gasteiger partial charge in [0.1, 0.15) is 22.6 Å². The first-order chi connectivity index (χ1) is 18.7. The zero-order valence-corrected chi connectivity index (χ0v) is 25.3. The normalized spacial score (nSPS) is 12.0. The molecule has 11 heteroatoms. The molecule has 0 aliphatic heterocycles. The lowest BCUT2D eigenvalue weighted by Gasteiger charge is -2.29. The largest absolute Gasteiger partial charge is 0.444 e. The Balaban J connectivity index is 2.18. The van der Waals surface area contributed by atoms with Crippen molar-refractivity contribution in [3.05, 3.63) is 42.4 Å². The number of nitrogens with two attached hydrogens (primary N) is 1. The third kappa shape index (κ3) is 8.29. The van der Waals surface area contributed by atoms with E-state index in [1.807, 2.05) is 6.07 Å². The van der Waals surface area contributed by atoms with E-state index in [2.05, 4.69) is 15.3 Å². The van der Waals surface area contributed by atoms with Crippen molar-refractivity contribution in [1.82, 2.24) is 9.97 Å². The number of hydrogen-bond donors (Lipinski definition) is 2. The van der Waals surface area contributed by atoms with Gasteiger partial charge in [-0.15, -0.1) is 0 Å². The number of hydrogen-bond acceptors (Lipinski definition) is 9. The van der Waals surface area contributed by atoms with Crippen LogP contribution in [0.25, 0.3) is 21.9 Å². The fraction of sp³-hybridized carbons (Fsp3) is 0.433. The summed E-state index contributed by atoms with van der Waals surface area (Å²) in [7, 11) is 0. The fourth-order valence-electron chi connectivity index (χ4n) is 3.86. The summed E-state index contributed by atoms with van der Waals surface area (Å²) in [5.41, 5.74) is 5.89. The molecule has 3 amide bonds. The lowest BCUT2D eigenvalue weighted by molar-refractivity contribution is 0.0429. The molecule has 41 heavy (non-hydrogen) atoms. The van der Waals surface area contributed by atoms with E-state index in [-0.39, 0.29) is 5.69 Å². The zero-order valence-electron chi connectivity index (χ0n) is 25.3. The minimum atomic E-state index is -0.904. The third-order valence-electron chi connectivity index (χ3n) is 5.39. The summed E-state index contributed by atoms with van der Waals surface area (Å²) in [6, 6.07) is 5.27. The van der Waals surface area contributed by atoms with Crippen molar-refractivity contribution >= 4 is 46.2 Å². The number of amides is 3. The number of anilines is 3. The molecule has 0 fully saturated rings. The molecule has 0 saturated carbocycles. The molecule has 220 valence electrons. The van der Waals surface area contributed by atoms with E-state index in [1.165, 1.54) is 6.20 Å². The van der Waals surface area contributed by atoms with E-state index in [0.717, 1.165) is 4.90 Å². The lowest BCUT2D eigenvalue weighted by Crippen LogP contribution is -2.44.